The first kappa shape index (κ1) is 26.2. The SMILES string of the molecule is COC(=O)C1=C(C)NC(C)=C(C(=O)OC/C=C/c2ccc(Cn3ccnc3)cc2)C1c1cccc(Br)c1. The topological polar surface area (TPSA) is 82.5 Å². The molecule has 1 aliphatic rings. The molecular weight excluding hydrogens is 534 g/mol. The molecule has 8 heteroatoms. The molecule has 7 nitrogen and oxygen atoms in total. The summed E-state index contributed by atoms with van der Waals surface area (Å²) in [4.78, 5) is 30.1. The van der Waals surface area contributed by atoms with E-state index >= 15 is 0 Å². The number of halogens is 1. The fraction of sp³-hybridized carbons (Fsp3) is 0.207. The van der Waals surface area contributed by atoms with Gasteiger partial charge in [0.1, 0.15) is 6.61 Å². The summed E-state index contributed by atoms with van der Waals surface area (Å²) < 4.78 is 13.5. The summed E-state index contributed by atoms with van der Waals surface area (Å²) in [7, 11) is 1.33. The van der Waals surface area contributed by atoms with Crippen molar-refractivity contribution in [2.45, 2.75) is 26.3 Å². The number of ether oxygens (including phenoxy) is 2. The van der Waals surface area contributed by atoms with Crippen molar-refractivity contribution in [3.05, 3.63) is 117 Å². The van der Waals surface area contributed by atoms with Gasteiger partial charge in [-0.2, -0.15) is 0 Å². The number of imidazole rings is 1. The Morgan fingerprint density at radius 2 is 1.81 bits per heavy atom. The van der Waals surface area contributed by atoms with E-state index in [-0.39, 0.29) is 6.61 Å². The molecule has 1 atom stereocenters. The summed E-state index contributed by atoms with van der Waals surface area (Å²) >= 11 is 3.49. The van der Waals surface area contributed by atoms with Crippen molar-refractivity contribution in [3.8, 4) is 0 Å². The van der Waals surface area contributed by atoms with E-state index in [2.05, 4.69) is 38.4 Å². The number of aromatic nitrogens is 2. The number of carbonyl (C=O) groups excluding carboxylic acids is 2. The lowest BCUT2D eigenvalue weighted by atomic mass is 9.80. The number of methoxy groups -OCH3 is 1. The van der Waals surface area contributed by atoms with Gasteiger partial charge in [0.2, 0.25) is 0 Å². The van der Waals surface area contributed by atoms with Crippen LogP contribution in [-0.4, -0.2) is 35.2 Å². The highest BCUT2D eigenvalue weighted by Crippen LogP contribution is 2.39. The molecule has 0 fully saturated rings. The molecule has 0 aliphatic carbocycles. The number of nitrogens with zero attached hydrogens (tertiary/aromatic N) is 2. The number of dihydropyridines is 1. The Morgan fingerprint density at radius 3 is 2.46 bits per heavy atom. The predicted molar refractivity (Wildman–Crippen MR) is 145 cm³/mol. The summed E-state index contributed by atoms with van der Waals surface area (Å²) in [6, 6.07) is 15.7. The maximum absolute atomic E-state index is 13.3. The van der Waals surface area contributed by atoms with E-state index < -0.39 is 17.9 Å². The molecule has 4 rings (SSSR count). The van der Waals surface area contributed by atoms with Crippen LogP contribution in [0.4, 0.5) is 0 Å². The fourth-order valence-electron chi connectivity index (χ4n) is 4.38. The zero-order valence-corrected chi connectivity index (χ0v) is 22.5. The van der Waals surface area contributed by atoms with Gasteiger partial charge in [-0.15, -0.1) is 0 Å². The summed E-state index contributed by atoms with van der Waals surface area (Å²) in [5, 5.41) is 3.15. The van der Waals surface area contributed by atoms with Gasteiger partial charge < -0.3 is 19.4 Å². The molecule has 2 heterocycles. The summed E-state index contributed by atoms with van der Waals surface area (Å²) in [5.74, 6) is -1.61. The van der Waals surface area contributed by atoms with Crippen molar-refractivity contribution in [3.63, 3.8) is 0 Å². The standard InChI is InChI=1S/C29H28BrN3O4/c1-19-25(28(34)36-3)27(23-7-4-8-24(30)16-23)26(20(2)32-19)29(35)37-15-5-6-21-9-11-22(12-10-21)17-33-14-13-31-18-33/h4-14,16,18,27,32H,15,17H2,1-3H3/b6-5+. The zero-order valence-electron chi connectivity index (χ0n) is 20.9. The van der Waals surface area contributed by atoms with E-state index in [0.717, 1.165) is 27.7 Å². The van der Waals surface area contributed by atoms with Crippen molar-refractivity contribution in [2.24, 2.45) is 0 Å². The van der Waals surface area contributed by atoms with Gasteiger partial charge in [-0.05, 0) is 48.7 Å². The van der Waals surface area contributed by atoms with Crippen molar-refractivity contribution in [1.82, 2.24) is 14.9 Å². The number of nitrogens with one attached hydrogen (secondary N) is 1. The molecule has 0 saturated carbocycles. The second-order valence-corrected chi connectivity index (χ2v) is 9.58. The molecule has 1 unspecified atom stereocenters. The third-order valence-electron chi connectivity index (χ3n) is 6.09. The zero-order chi connectivity index (χ0) is 26.4. The van der Waals surface area contributed by atoms with Crippen LogP contribution in [0.2, 0.25) is 0 Å². The second kappa shape index (κ2) is 11.9. The van der Waals surface area contributed by atoms with Gasteiger partial charge in [0.05, 0.1) is 30.5 Å². The molecule has 0 spiro atoms. The maximum Gasteiger partial charge on any atom is 0.337 e. The summed E-state index contributed by atoms with van der Waals surface area (Å²) in [6.45, 7) is 4.45. The molecule has 0 saturated heterocycles. The van der Waals surface area contributed by atoms with Gasteiger partial charge in [-0.3, -0.25) is 0 Å². The number of hydrogen-bond acceptors (Lipinski definition) is 6. The Bertz CT molecular complexity index is 1370. The van der Waals surface area contributed by atoms with Crippen LogP contribution in [0.3, 0.4) is 0 Å². The lowest BCUT2D eigenvalue weighted by Gasteiger charge is -2.30. The van der Waals surface area contributed by atoms with Crippen LogP contribution in [-0.2, 0) is 25.6 Å². The number of rotatable bonds is 8. The molecule has 0 amide bonds. The van der Waals surface area contributed by atoms with Gasteiger partial charge in [-0.25, -0.2) is 14.6 Å². The minimum Gasteiger partial charge on any atom is -0.466 e. The van der Waals surface area contributed by atoms with E-state index in [9.17, 15) is 9.59 Å². The largest absolute Gasteiger partial charge is 0.466 e. The molecule has 0 radical (unpaired) electrons. The van der Waals surface area contributed by atoms with Crippen LogP contribution in [0.25, 0.3) is 6.08 Å². The maximum atomic E-state index is 13.3. The Labute approximate surface area is 224 Å². The van der Waals surface area contributed by atoms with E-state index in [1.165, 1.54) is 7.11 Å². The average Bonchev–Trinajstić information content (AvgIpc) is 3.39. The van der Waals surface area contributed by atoms with Crippen molar-refractivity contribution >= 4 is 33.9 Å². The van der Waals surface area contributed by atoms with Crippen LogP contribution >= 0.6 is 15.9 Å². The number of hydrogen-bond donors (Lipinski definition) is 1. The smallest absolute Gasteiger partial charge is 0.337 e. The number of allylic oxidation sites excluding steroid dienone is 2. The van der Waals surface area contributed by atoms with E-state index in [0.29, 0.717) is 22.5 Å². The minimum atomic E-state index is -0.620. The van der Waals surface area contributed by atoms with Crippen LogP contribution in [0.1, 0.15) is 36.5 Å². The highest BCUT2D eigenvalue weighted by molar-refractivity contribution is 9.10. The average molecular weight is 562 g/mol. The Morgan fingerprint density at radius 1 is 1.08 bits per heavy atom. The van der Waals surface area contributed by atoms with Gasteiger partial charge in [-0.1, -0.05) is 58.4 Å². The predicted octanol–water partition coefficient (Wildman–Crippen LogP) is 5.36. The van der Waals surface area contributed by atoms with Gasteiger partial charge in [0.15, 0.2) is 0 Å². The van der Waals surface area contributed by atoms with Crippen LogP contribution in [0.15, 0.2) is 100 Å². The quantitative estimate of drug-likeness (QED) is 0.373. The molecule has 1 N–H and O–H groups in total. The molecule has 2 aromatic carbocycles. The lowest BCUT2D eigenvalue weighted by Crippen LogP contribution is -2.32. The van der Waals surface area contributed by atoms with Gasteiger partial charge in [0.25, 0.3) is 0 Å². The third kappa shape index (κ3) is 6.27. The van der Waals surface area contributed by atoms with Crippen molar-refractivity contribution < 1.29 is 19.1 Å². The van der Waals surface area contributed by atoms with Crippen LogP contribution in [0, 0.1) is 0 Å². The second-order valence-electron chi connectivity index (χ2n) is 8.66. The molecule has 190 valence electrons. The first-order valence-corrected chi connectivity index (χ1v) is 12.6. The normalized spacial score (nSPS) is 15.6. The van der Waals surface area contributed by atoms with E-state index in [4.69, 9.17) is 9.47 Å². The summed E-state index contributed by atoms with van der Waals surface area (Å²) in [5.41, 5.74) is 4.98. The Kier molecular flexibility index (Phi) is 8.40. The third-order valence-corrected chi connectivity index (χ3v) is 6.59. The highest BCUT2D eigenvalue weighted by Gasteiger charge is 2.37. The van der Waals surface area contributed by atoms with E-state index in [1.807, 2.05) is 53.2 Å². The van der Waals surface area contributed by atoms with Crippen molar-refractivity contribution in [2.75, 3.05) is 13.7 Å². The van der Waals surface area contributed by atoms with E-state index in [1.54, 1.807) is 32.4 Å². The lowest BCUT2D eigenvalue weighted by molar-refractivity contribution is -0.138. The highest BCUT2D eigenvalue weighted by atomic mass is 79.9. The Balaban J connectivity index is 1.47. The molecule has 37 heavy (non-hydrogen) atoms. The molecule has 0 bridgehead atoms. The first-order chi connectivity index (χ1) is 17.9. The Hall–Kier alpha value is -3.91. The van der Waals surface area contributed by atoms with Crippen molar-refractivity contribution in [1.29, 1.82) is 0 Å². The minimum absolute atomic E-state index is 0.0911. The number of esters is 2. The summed E-state index contributed by atoms with van der Waals surface area (Å²) in [6.07, 6.45) is 9.17. The monoisotopic (exact) mass is 561 g/mol. The fourth-order valence-corrected chi connectivity index (χ4v) is 4.79. The number of carbonyl (C=O) groups is 2. The molecule has 3 aromatic rings. The van der Waals surface area contributed by atoms with Gasteiger partial charge >= 0.3 is 11.9 Å². The molecule has 1 aromatic heterocycles. The number of benzene rings is 2. The van der Waals surface area contributed by atoms with Crippen LogP contribution < -0.4 is 5.32 Å². The van der Waals surface area contributed by atoms with Gasteiger partial charge in [0, 0.05) is 34.8 Å². The molecular formula is C29H28BrN3O4. The van der Waals surface area contributed by atoms with Crippen LogP contribution in [0.5, 0.6) is 0 Å². The molecule has 1 aliphatic heterocycles. The first-order valence-electron chi connectivity index (χ1n) is 11.8.